The molecule has 0 saturated carbocycles. The molecule has 1 aliphatic rings. The summed E-state index contributed by atoms with van der Waals surface area (Å²) in [6, 6.07) is 13.3. The van der Waals surface area contributed by atoms with Crippen molar-refractivity contribution in [2.45, 2.75) is 0 Å². The first-order chi connectivity index (χ1) is 13.1. The van der Waals surface area contributed by atoms with Crippen molar-refractivity contribution in [1.82, 2.24) is 9.55 Å². The van der Waals surface area contributed by atoms with Crippen LogP contribution in [0.3, 0.4) is 0 Å². The van der Waals surface area contributed by atoms with Crippen LogP contribution in [0.1, 0.15) is 10.4 Å². The van der Waals surface area contributed by atoms with Crippen LogP contribution in [0.15, 0.2) is 64.3 Å². The third-order valence-electron chi connectivity index (χ3n) is 4.04. The smallest absolute Gasteiger partial charge is 0.333 e. The van der Waals surface area contributed by atoms with Gasteiger partial charge >= 0.3 is 5.69 Å². The van der Waals surface area contributed by atoms with Crippen molar-refractivity contribution in [3.05, 3.63) is 81.1 Å². The summed E-state index contributed by atoms with van der Waals surface area (Å²) in [6.45, 7) is 0.890. The fourth-order valence-corrected chi connectivity index (χ4v) is 2.77. The number of para-hydroxylation sites is 1. The number of carbonyl (C=O) groups is 1. The van der Waals surface area contributed by atoms with E-state index in [2.05, 4.69) is 10.3 Å². The monoisotopic (exact) mass is 365 g/mol. The maximum absolute atomic E-state index is 12.7. The van der Waals surface area contributed by atoms with Crippen LogP contribution in [0.25, 0.3) is 5.69 Å². The highest BCUT2D eigenvalue weighted by Crippen LogP contribution is 2.32. The zero-order chi connectivity index (χ0) is 18.8. The zero-order valence-electron chi connectivity index (χ0n) is 14.1. The minimum atomic E-state index is -0.708. The summed E-state index contributed by atoms with van der Waals surface area (Å²) in [5, 5.41) is 2.64. The molecule has 136 valence electrons. The Morgan fingerprint density at radius 1 is 1.00 bits per heavy atom. The fraction of sp³-hybridized carbons (Fsp3) is 0.105. The number of nitrogens with zero attached hydrogens (tertiary/aromatic N) is 1. The molecule has 3 aromatic rings. The molecule has 0 spiro atoms. The average molecular weight is 365 g/mol. The third-order valence-corrected chi connectivity index (χ3v) is 4.04. The van der Waals surface area contributed by atoms with E-state index in [4.69, 9.17) is 9.47 Å². The standard InChI is InChI=1S/C19H15N3O5/c23-17(21-12-6-7-15-16(10-12)27-9-8-26-15)14-11-20-19(25)22(18(14)24)13-4-2-1-3-5-13/h1-7,10-11H,8-9H2,(H,20,25)(H,21,23). The molecular weight excluding hydrogens is 350 g/mol. The molecule has 8 heteroatoms. The van der Waals surface area contributed by atoms with Crippen LogP contribution in [-0.4, -0.2) is 28.7 Å². The van der Waals surface area contributed by atoms with Gasteiger partial charge in [0.05, 0.1) is 5.69 Å². The van der Waals surface area contributed by atoms with Gasteiger partial charge in [0.2, 0.25) is 0 Å². The number of aromatic nitrogens is 2. The molecule has 0 unspecified atom stereocenters. The van der Waals surface area contributed by atoms with Crippen LogP contribution >= 0.6 is 0 Å². The molecule has 0 aliphatic carbocycles. The number of H-pyrrole nitrogens is 1. The van der Waals surface area contributed by atoms with Gasteiger partial charge < -0.3 is 19.8 Å². The zero-order valence-corrected chi connectivity index (χ0v) is 14.1. The highest BCUT2D eigenvalue weighted by molar-refractivity contribution is 6.04. The van der Waals surface area contributed by atoms with E-state index >= 15 is 0 Å². The van der Waals surface area contributed by atoms with Gasteiger partial charge in [0.1, 0.15) is 18.8 Å². The molecule has 0 radical (unpaired) electrons. The van der Waals surface area contributed by atoms with Crippen molar-refractivity contribution in [3.63, 3.8) is 0 Å². The Bertz CT molecular complexity index is 1120. The molecule has 0 atom stereocenters. The first-order valence-electron chi connectivity index (χ1n) is 8.24. The third kappa shape index (κ3) is 3.20. The lowest BCUT2D eigenvalue weighted by atomic mass is 10.2. The summed E-state index contributed by atoms with van der Waals surface area (Å²) in [5.74, 6) is 0.467. The number of hydrogen-bond acceptors (Lipinski definition) is 5. The number of nitrogens with one attached hydrogen (secondary N) is 2. The normalized spacial score (nSPS) is 12.4. The second-order valence-corrected chi connectivity index (χ2v) is 5.80. The first-order valence-corrected chi connectivity index (χ1v) is 8.24. The van der Waals surface area contributed by atoms with E-state index in [0.717, 1.165) is 10.8 Å². The average Bonchev–Trinajstić information content (AvgIpc) is 2.69. The molecular formula is C19H15N3O5. The van der Waals surface area contributed by atoms with Crippen LogP contribution < -0.4 is 26.0 Å². The van der Waals surface area contributed by atoms with E-state index in [9.17, 15) is 14.4 Å². The molecule has 0 fully saturated rings. The molecule has 8 nitrogen and oxygen atoms in total. The molecule has 4 rings (SSSR count). The number of hydrogen-bond donors (Lipinski definition) is 2. The summed E-state index contributed by atoms with van der Waals surface area (Å²) in [7, 11) is 0. The molecule has 2 heterocycles. The van der Waals surface area contributed by atoms with Crippen molar-refractivity contribution in [2.24, 2.45) is 0 Å². The molecule has 1 aromatic heterocycles. The Balaban J connectivity index is 1.67. The number of rotatable bonds is 3. The second kappa shape index (κ2) is 6.83. The summed E-state index contributed by atoms with van der Waals surface area (Å²) in [6.07, 6.45) is 1.11. The number of anilines is 1. The molecule has 27 heavy (non-hydrogen) atoms. The summed E-state index contributed by atoms with van der Waals surface area (Å²) >= 11 is 0. The number of benzene rings is 2. The lowest BCUT2D eigenvalue weighted by Gasteiger charge is -2.19. The molecule has 2 N–H and O–H groups in total. The van der Waals surface area contributed by atoms with Gasteiger partial charge in [-0.25, -0.2) is 9.36 Å². The van der Waals surface area contributed by atoms with Gasteiger partial charge in [-0.2, -0.15) is 0 Å². The van der Waals surface area contributed by atoms with Crippen molar-refractivity contribution in [3.8, 4) is 17.2 Å². The van der Waals surface area contributed by atoms with E-state index in [-0.39, 0.29) is 5.56 Å². The predicted octanol–water partition coefficient (Wildman–Crippen LogP) is 1.55. The van der Waals surface area contributed by atoms with Gasteiger partial charge in [-0.1, -0.05) is 18.2 Å². The Labute approximate surface area is 153 Å². The van der Waals surface area contributed by atoms with E-state index in [0.29, 0.717) is 36.1 Å². The number of aromatic amines is 1. The topological polar surface area (TPSA) is 102 Å². The van der Waals surface area contributed by atoms with Crippen molar-refractivity contribution in [2.75, 3.05) is 18.5 Å². The summed E-state index contributed by atoms with van der Waals surface area (Å²) in [4.78, 5) is 39.8. The highest BCUT2D eigenvalue weighted by atomic mass is 16.6. The molecule has 1 aliphatic heterocycles. The van der Waals surface area contributed by atoms with Gasteiger partial charge in [0, 0.05) is 18.0 Å². The minimum absolute atomic E-state index is 0.187. The van der Waals surface area contributed by atoms with Gasteiger partial charge in [0.25, 0.3) is 11.5 Å². The van der Waals surface area contributed by atoms with Crippen molar-refractivity contribution < 1.29 is 14.3 Å². The number of carbonyl (C=O) groups excluding carboxylic acids is 1. The molecule has 1 amide bonds. The SMILES string of the molecule is O=C(Nc1ccc2c(c1)OCCO2)c1c[nH]c(=O)n(-c2ccccc2)c1=O. The maximum atomic E-state index is 12.7. The Morgan fingerprint density at radius 2 is 1.74 bits per heavy atom. The molecule has 0 bridgehead atoms. The maximum Gasteiger partial charge on any atom is 0.333 e. The number of fused-ring (bicyclic) bond motifs is 1. The van der Waals surface area contributed by atoms with Crippen molar-refractivity contribution >= 4 is 11.6 Å². The van der Waals surface area contributed by atoms with E-state index in [1.165, 1.54) is 0 Å². The summed E-state index contributed by atoms with van der Waals surface area (Å²) in [5.41, 5.74) is -0.700. The fourth-order valence-electron chi connectivity index (χ4n) is 2.77. The Kier molecular flexibility index (Phi) is 4.21. The highest BCUT2D eigenvalue weighted by Gasteiger charge is 2.17. The van der Waals surface area contributed by atoms with Gasteiger partial charge in [-0.3, -0.25) is 9.59 Å². The van der Waals surface area contributed by atoms with Crippen LogP contribution in [0.5, 0.6) is 11.5 Å². The molecule has 2 aromatic carbocycles. The van der Waals surface area contributed by atoms with Crippen LogP contribution in [0.4, 0.5) is 5.69 Å². The molecule has 0 saturated heterocycles. The minimum Gasteiger partial charge on any atom is -0.486 e. The van der Waals surface area contributed by atoms with Crippen LogP contribution in [-0.2, 0) is 0 Å². The van der Waals surface area contributed by atoms with Gasteiger partial charge in [0.15, 0.2) is 11.5 Å². The van der Waals surface area contributed by atoms with Crippen LogP contribution in [0, 0.1) is 0 Å². The second-order valence-electron chi connectivity index (χ2n) is 5.80. The van der Waals surface area contributed by atoms with Gasteiger partial charge in [-0.05, 0) is 24.3 Å². The Morgan fingerprint density at radius 3 is 2.52 bits per heavy atom. The lowest BCUT2D eigenvalue weighted by molar-refractivity contribution is 0.102. The quantitative estimate of drug-likeness (QED) is 0.733. The van der Waals surface area contributed by atoms with Gasteiger partial charge in [-0.15, -0.1) is 0 Å². The van der Waals surface area contributed by atoms with E-state index in [1.807, 2.05) is 0 Å². The first kappa shape index (κ1) is 16.6. The number of ether oxygens (including phenoxy) is 2. The van der Waals surface area contributed by atoms with E-state index < -0.39 is 17.2 Å². The Hall–Kier alpha value is -3.81. The number of amides is 1. The lowest BCUT2D eigenvalue weighted by Crippen LogP contribution is -2.38. The predicted molar refractivity (Wildman–Crippen MR) is 98.0 cm³/mol. The largest absolute Gasteiger partial charge is 0.486 e. The van der Waals surface area contributed by atoms with Crippen molar-refractivity contribution in [1.29, 1.82) is 0 Å². The summed E-state index contributed by atoms with van der Waals surface area (Å²) < 4.78 is 11.8. The van der Waals surface area contributed by atoms with E-state index in [1.54, 1.807) is 48.5 Å². The van der Waals surface area contributed by atoms with Crippen LogP contribution in [0.2, 0.25) is 0 Å².